The van der Waals surface area contributed by atoms with Crippen molar-refractivity contribution in [3.8, 4) is 0 Å². The Hall–Kier alpha value is -4.33. The van der Waals surface area contributed by atoms with Gasteiger partial charge >= 0.3 is 5.97 Å². The van der Waals surface area contributed by atoms with Crippen molar-refractivity contribution in [3.63, 3.8) is 0 Å². The molecule has 1 aliphatic heterocycles. The molecule has 0 radical (unpaired) electrons. The van der Waals surface area contributed by atoms with Crippen molar-refractivity contribution in [3.05, 3.63) is 78.4 Å². The molecule has 2 unspecified atom stereocenters. The second-order valence-corrected chi connectivity index (χ2v) is 11.7. The summed E-state index contributed by atoms with van der Waals surface area (Å²) in [6.07, 6.45) is 0.938. The number of amides is 2. The van der Waals surface area contributed by atoms with Crippen molar-refractivity contribution in [1.29, 1.82) is 5.41 Å². The van der Waals surface area contributed by atoms with Crippen molar-refractivity contribution in [2.45, 2.75) is 38.8 Å². The average Bonchev–Trinajstić information content (AvgIpc) is 3.03. The molecule has 0 spiro atoms. The van der Waals surface area contributed by atoms with E-state index in [2.05, 4.69) is 5.32 Å². The fraction of sp³-hybridized carbons (Fsp3) is 0.375. The average molecular weight is 636 g/mol. The molecule has 4 N–H and O–H groups in total. The third-order valence-corrected chi connectivity index (χ3v) is 8.52. The summed E-state index contributed by atoms with van der Waals surface area (Å²) in [6.45, 7) is 2.93. The van der Waals surface area contributed by atoms with Crippen LogP contribution in [0.2, 0.25) is 0 Å². The normalized spacial score (nSPS) is 14.7. The molecular formula is C32H39N6O6S-. The number of anilines is 1. The highest BCUT2D eigenvalue weighted by molar-refractivity contribution is 7.80. The number of hydrogen-bond acceptors (Lipinski definition) is 8. The summed E-state index contributed by atoms with van der Waals surface area (Å²) in [5, 5.41) is 13.0. The van der Waals surface area contributed by atoms with Crippen LogP contribution in [0, 0.1) is 11.3 Å². The smallest absolute Gasteiger partial charge is 0.325 e. The number of carbonyl (C=O) groups excluding carboxylic acids is 3. The predicted molar refractivity (Wildman–Crippen MR) is 171 cm³/mol. The molecule has 2 atom stereocenters. The zero-order valence-corrected chi connectivity index (χ0v) is 26.0. The Morgan fingerprint density at radius 2 is 1.71 bits per heavy atom. The molecule has 1 aliphatic rings. The van der Waals surface area contributed by atoms with Crippen molar-refractivity contribution in [1.82, 2.24) is 15.1 Å². The second-order valence-electron chi connectivity index (χ2n) is 10.9. The molecule has 4 rings (SSSR count). The Kier molecular flexibility index (Phi) is 12.0. The minimum atomic E-state index is -3.02. The van der Waals surface area contributed by atoms with Gasteiger partial charge in [-0.2, -0.15) is 0 Å². The van der Waals surface area contributed by atoms with Gasteiger partial charge in [0, 0.05) is 30.0 Å². The quantitative estimate of drug-likeness (QED) is 0.111. The highest BCUT2D eigenvalue weighted by atomic mass is 32.2. The summed E-state index contributed by atoms with van der Waals surface area (Å²) in [5.74, 6) is -2.53. The molecule has 13 heteroatoms. The van der Waals surface area contributed by atoms with Crippen LogP contribution in [-0.4, -0.2) is 81.1 Å². The van der Waals surface area contributed by atoms with Crippen molar-refractivity contribution in [2.24, 2.45) is 11.7 Å². The van der Waals surface area contributed by atoms with Gasteiger partial charge in [0.05, 0.1) is 13.0 Å². The van der Waals surface area contributed by atoms with E-state index >= 15 is 0 Å². The third-order valence-electron chi connectivity index (χ3n) is 7.73. The van der Waals surface area contributed by atoms with Crippen LogP contribution >= 0.6 is 0 Å². The van der Waals surface area contributed by atoms with Crippen LogP contribution in [0.15, 0.2) is 72.8 Å². The largest absolute Gasteiger partial charge is 0.755 e. The van der Waals surface area contributed by atoms with Crippen LogP contribution in [0.5, 0.6) is 0 Å². The van der Waals surface area contributed by atoms with Gasteiger partial charge in [0.1, 0.15) is 12.6 Å². The number of nitrogens with one attached hydrogen (secondary N) is 2. The van der Waals surface area contributed by atoms with Gasteiger partial charge in [-0.25, -0.2) is 0 Å². The highest BCUT2D eigenvalue weighted by Gasteiger charge is 2.36. The van der Waals surface area contributed by atoms with Crippen LogP contribution in [0.25, 0.3) is 10.8 Å². The van der Waals surface area contributed by atoms with Crippen LogP contribution in [-0.2, 0) is 36.9 Å². The SMILES string of the molecule is CCOC(=O)CN(Cc1ccccc1)C(=O)C(CC(=O)N(CC1CCNCC1)C(=N)N)N(c1ccc2ccccc2c1)S(=O)[O-]. The molecular weight excluding hydrogens is 596 g/mol. The number of fused-ring (bicyclic) bond motifs is 1. The number of hydrogen-bond donors (Lipinski definition) is 3. The molecule has 1 heterocycles. The maximum Gasteiger partial charge on any atom is 0.325 e. The van der Waals surface area contributed by atoms with Gasteiger partial charge in [0.15, 0.2) is 5.96 Å². The van der Waals surface area contributed by atoms with E-state index in [4.69, 9.17) is 15.9 Å². The lowest BCUT2D eigenvalue weighted by Crippen LogP contribution is -2.54. The molecule has 3 aromatic rings. The summed E-state index contributed by atoms with van der Waals surface area (Å²) in [4.78, 5) is 43.2. The molecule has 0 aromatic heterocycles. The van der Waals surface area contributed by atoms with Gasteiger partial charge in [0.25, 0.3) is 0 Å². The van der Waals surface area contributed by atoms with Crippen LogP contribution < -0.4 is 15.4 Å². The van der Waals surface area contributed by atoms with Crippen molar-refractivity contribution >= 4 is 51.5 Å². The zero-order valence-electron chi connectivity index (χ0n) is 25.2. The van der Waals surface area contributed by atoms with Crippen LogP contribution in [0.1, 0.15) is 31.7 Å². The fourth-order valence-corrected chi connectivity index (χ4v) is 6.13. The fourth-order valence-electron chi connectivity index (χ4n) is 5.48. The van der Waals surface area contributed by atoms with E-state index in [0.717, 1.165) is 45.9 Å². The van der Waals surface area contributed by atoms with Gasteiger partial charge in [-0.1, -0.05) is 60.7 Å². The van der Waals surface area contributed by atoms with E-state index in [1.807, 2.05) is 30.3 Å². The number of piperidine rings is 1. The highest BCUT2D eigenvalue weighted by Crippen LogP contribution is 2.28. The number of nitrogens with two attached hydrogens (primary N) is 1. The Morgan fingerprint density at radius 3 is 2.36 bits per heavy atom. The Labute approximate surface area is 265 Å². The first-order valence-corrected chi connectivity index (χ1v) is 15.9. The molecule has 240 valence electrons. The predicted octanol–water partition coefficient (Wildman–Crippen LogP) is 2.51. The number of esters is 1. The minimum Gasteiger partial charge on any atom is -0.755 e. The van der Waals surface area contributed by atoms with E-state index in [0.29, 0.717) is 5.56 Å². The summed E-state index contributed by atoms with van der Waals surface area (Å²) in [6, 6.07) is 19.6. The second kappa shape index (κ2) is 16.1. The maximum absolute atomic E-state index is 14.4. The zero-order chi connectivity index (χ0) is 32.3. The van der Waals surface area contributed by atoms with Crippen molar-refractivity contribution < 1.29 is 27.9 Å². The van der Waals surface area contributed by atoms with E-state index in [1.54, 1.807) is 49.4 Å². The first-order valence-electron chi connectivity index (χ1n) is 14.9. The number of carbonyl (C=O) groups is 3. The lowest BCUT2D eigenvalue weighted by atomic mass is 9.97. The lowest BCUT2D eigenvalue weighted by Gasteiger charge is -2.37. The summed E-state index contributed by atoms with van der Waals surface area (Å²) >= 11 is -3.02. The number of nitrogens with zero attached hydrogens (tertiary/aromatic N) is 3. The van der Waals surface area contributed by atoms with Gasteiger partial charge in [-0.15, -0.1) is 0 Å². The Bertz CT molecular complexity index is 1520. The molecule has 1 fully saturated rings. The number of benzene rings is 3. The molecule has 0 aliphatic carbocycles. The molecule has 12 nitrogen and oxygen atoms in total. The molecule has 45 heavy (non-hydrogen) atoms. The first kappa shape index (κ1) is 33.6. The van der Waals surface area contributed by atoms with Crippen LogP contribution in [0.4, 0.5) is 5.69 Å². The third kappa shape index (κ3) is 9.10. The first-order chi connectivity index (χ1) is 21.7. The van der Waals surface area contributed by atoms with Crippen LogP contribution in [0.3, 0.4) is 0 Å². The maximum atomic E-state index is 14.4. The van der Waals surface area contributed by atoms with Gasteiger partial charge in [-0.3, -0.25) is 33.2 Å². The topological polar surface area (TPSA) is 172 Å². The molecule has 0 saturated carbocycles. The summed E-state index contributed by atoms with van der Waals surface area (Å²) in [5.41, 5.74) is 6.71. The van der Waals surface area contributed by atoms with E-state index in [-0.39, 0.29) is 31.3 Å². The van der Waals surface area contributed by atoms with Gasteiger partial charge in [0.2, 0.25) is 11.8 Å². The number of ether oxygens (including phenoxy) is 1. The van der Waals surface area contributed by atoms with E-state index in [1.165, 1.54) is 4.90 Å². The molecule has 2 amide bonds. The lowest BCUT2D eigenvalue weighted by molar-refractivity contribution is -0.150. The monoisotopic (exact) mass is 635 g/mol. The number of guanidine groups is 1. The minimum absolute atomic E-state index is 0.0360. The number of rotatable bonds is 13. The van der Waals surface area contributed by atoms with Crippen molar-refractivity contribution in [2.75, 3.05) is 37.1 Å². The standard InChI is InChI=1S/C32H40N6O6S/c1-2-44-30(40)22-36(20-23-8-4-3-5-9-23)31(41)28(19-29(39)37(32(33)34)21-24-14-16-35-17-15-24)38(45(42)43)27-13-12-25-10-6-7-11-26(25)18-27/h3-13,18,24,28,35H,2,14-17,19-22H2,1H3,(H3,33,34)(H,42,43)/p-1. The molecule has 3 aromatic carbocycles. The molecule has 1 saturated heterocycles. The summed E-state index contributed by atoms with van der Waals surface area (Å²) < 4.78 is 31.9. The van der Waals surface area contributed by atoms with Gasteiger partial charge in [-0.05, 0) is 67.2 Å². The Balaban J connectivity index is 1.75. The molecule has 0 bridgehead atoms. The van der Waals surface area contributed by atoms with Gasteiger partial charge < -0.3 is 25.2 Å². The van der Waals surface area contributed by atoms with E-state index < -0.39 is 54.0 Å². The van der Waals surface area contributed by atoms with E-state index in [9.17, 15) is 23.1 Å². The Morgan fingerprint density at radius 1 is 1.04 bits per heavy atom. The summed E-state index contributed by atoms with van der Waals surface area (Å²) in [7, 11) is 0.